The van der Waals surface area contributed by atoms with E-state index in [1.807, 2.05) is 30.3 Å². The molecule has 0 bridgehead atoms. The molecule has 5 heteroatoms. The highest BCUT2D eigenvalue weighted by Crippen LogP contribution is 2.05. The summed E-state index contributed by atoms with van der Waals surface area (Å²) in [6.07, 6.45) is -0.361. The number of nitriles is 1. The van der Waals surface area contributed by atoms with Crippen molar-refractivity contribution in [3.05, 3.63) is 35.9 Å². The number of nitrogens with zero attached hydrogens (tertiary/aromatic N) is 2. The lowest BCUT2D eigenvalue weighted by Gasteiger charge is -2.29. The van der Waals surface area contributed by atoms with Gasteiger partial charge in [-0.2, -0.15) is 5.26 Å². The Bertz CT molecular complexity index is 441. The van der Waals surface area contributed by atoms with Crippen LogP contribution in [0.15, 0.2) is 30.3 Å². The van der Waals surface area contributed by atoms with E-state index in [9.17, 15) is 4.79 Å². The van der Waals surface area contributed by atoms with Gasteiger partial charge in [-0.25, -0.2) is 4.79 Å². The van der Waals surface area contributed by atoms with Gasteiger partial charge in [-0.1, -0.05) is 30.3 Å². The van der Waals surface area contributed by atoms with Crippen molar-refractivity contribution in [2.45, 2.75) is 12.6 Å². The minimum Gasteiger partial charge on any atom is -0.445 e. The summed E-state index contributed by atoms with van der Waals surface area (Å²) in [6, 6.07) is 11.3. The summed E-state index contributed by atoms with van der Waals surface area (Å²) in [4.78, 5) is 13.4. The van der Waals surface area contributed by atoms with E-state index in [0.717, 1.165) is 5.56 Å². The molecule has 1 N–H and O–H groups in total. The van der Waals surface area contributed by atoms with Gasteiger partial charge >= 0.3 is 6.09 Å². The Morgan fingerprint density at radius 2 is 2.28 bits per heavy atom. The van der Waals surface area contributed by atoms with Gasteiger partial charge in [0.25, 0.3) is 0 Å². The molecule has 1 aromatic carbocycles. The molecule has 2 rings (SSSR count). The summed E-state index contributed by atoms with van der Waals surface area (Å²) in [5.41, 5.74) is 0.956. The zero-order valence-electron chi connectivity index (χ0n) is 10.0. The molecular formula is C13H15N3O2. The first-order chi connectivity index (χ1) is 8.79. The van der Waals surface area contributed by atoms with Gasteiger partial charge in [0.15, 0.2) is 0 Å². The molecule has 1 atom stereocenters. The summed E-state index contributed by atoms with van der Waals surface area (Å²) < 4.78 is 5.21. The van der Waals surface area contributed by atoms with Crippen LogP contribution in [0, 0.1) is 11.3 Å². The molecule has 1 aliphatic rings. The third kappa shape index (κ3) is 3.22. The summed E-state index contributed by atoms with van der Waals surface area (Å²) in [6.45, 7) is 1.84. The normalized spacial score (nSPS) is 19.1. The Kier molecular flexibility index (Phi) is 4.15. The van der Waals surface area contributed by atoms with E-state index in [0.29, 0.717) is 19.6 Å². The summed E-state index contributed by atoms with van der Waals surface area (Å²) in [7, 11) is 0. The van der Waals surface area contributed by atoms with Gasteiger partial charge in [-0.3, -0.25) is 5.32 Å². The Hall–Kier alpha value is -2.06. The lowest BCUT2D eigenvalue weighted by atomic mass is 10.2. The molecule has 1 heterocycles. The number of carbonyl (C=O) groups is 1. The largest absolute Gasteiger partial charge is 0.445 e. The van der Waals surface area contributed by atoms with Crippen molar-refractivity contribution >= 4 is 6.09 Å². The predicted octanol–water partition coefficient (Wildman–Crippen LogP) is 1.12. The quantitative estimate of drug-likeness (QED) is 0.848. The number of rotatable bonds is 2. The van der Waals surface area contributed by atoms with Crippen molar-refractivity contribution in [3.63, 3.8) is 0 Å². The molecular weight excluding hydrogens is 230 g/mol. The number of ether oxygens (including phenoxy) is 1. The van der Waals surface area contributed by atoms with Gasteiger partial charge in [0.1, 0.15) is 12.6 Å². The molecule has 1 aliphatic heterocycles. The topological polar surface area (TPSA) is 65.4 Å². The van der Waals surface area contributed by atoms with Crippen LogP contribution in [0.4, 0.5) is 4.79 Å². The fraction of sp³-hybridized carbons (Fsp3) is 0.385. The molecule has 1 fully saturated rings. The maximum absolute atomic E-state index is 11.8. The molecule has 0 aromatic heterocycles. The van der Waals surface area contributed by atoms with Crippen LogP contribution >= 0.6 is 0 Å². The van der Waals surface area contributed by atoms with Crippen LogP contribution < -0.4 is 5.32 Å². The second kappa shape index (κ2) is 6.03. The molecule has 94 valence electrons. The van der Waals surface area contributed by atoms with Crippen LogP contribution in [-0.2, 0) is 11.3 Å². The van der Waals surface area contributed by atoms with Gasteiger partial charge in [0.05, 0.1) is 12.6 Å². The highest BCUT2D eigenvalue weighted by molar-refractivity contribution is 5.68. The zero-order chi connectivity index (χ0) is 12.8. The van der Waals surface area contributed by atoms with Gasteiger partial charge in [-0.15, -0.1) is 0 Å². The summed E-state index contributed by atoms with van der Waals surface area (Å²) >= 11 is 0. The second-order valence-corrected chi connectivity index (χ2v) is 4.12. The minimum absolute atomic E-state index is 0.265. The molecule has 5 nitrogen and oxygen atoms in total. The van der Waals surface area contributed by atoms with E-state index in [2.05, 4.69) is 11.4 Å². The summed E-state index contributed by atoms with van der Waals surface area (Å²) in [5.74, 6) is 0. The van der Waals surface area contributed by atoms with Crippen molar-refractivity contribution < 1.29 is 9.53 Å². The second-order valence-electron chi connectivity index (χ2n) is 4.12. The molecule has 0 saturated carbocycles. The first kappa shape index (κ1) is 12.4. The molecule has 0 radical (unpaired) electrons. The van der Waals surface area contributed by atoms with E-state index in [1.54, 1.807) is 4.90 Å². The lowest BCUT2D eigenvalue weighted by Crippen LogP contribution is -2.52. The molecule has 0 spiro atoms. The number of benzene rings is 1. The fourth-order valence-corrected chi connectivity index (χ4v) is 1.81. The van der Waals surface area contributed by atoms with Crippen molar-refractivity contribution in [1.82, 2.24) is 10.2 Å². The van der Waals surface area contributed by atoms with E-state index >= 15 is 0 Å². The van der Waals surface area contributed by atoms with Gasteiger partial charge < -0.3 is 9.64 Å². The molecule has 0 aliphatic carbocycles. The Labute approximate surface area is 106 Å². The van der Waals surface area contributed by atoms with E-state index in [1.165, 1.54) is 0 Å². The minimum atomic E-state index is -0.361. The van der Waals surface area contributed by atoms with E-state index < -0.39 is 0 Å². The maximum Gasteiger partial charge on any atom is 0.410 e. The molecule has 1 aromatic rings. The van der Waals surface area contributed by atoms with Crippen molar-refractivity contribution in [2.75, 3.05) is 19.6 Å². The Morgan fingerprint density at radius 3 is 3.00 bits per heavy atom. The van der Waals surface area contributed by atoms with Crippen LogP contribution in [0.2, 0.25) is 0 Å². The number of carbonyl (C=O) groups excluding carboxylic acids is 1. The molecule has 1 saturated heterocycles. The zero-order valence-corrected chi connectivity index (χ0v) is 10.0. The van der Waals surface area contributed by atoms with Crippen molar-refractivity contribution in [2.24, 2.45) is 0 Å². The van der Waals surface area contributed by atoms with Gasteiger partial charge in [0, 0.05) is 13.1 Å². The smallest absolute Gasteiger partial charge is 0.410 e. The number of amides is 1. The highest BCUT2D eigenvalue weighted by Gasteiger charge is 2.23. The summed E-state index contributed by atoms with van der Waals surface area (Å²) in [5, 5.41) is 11.8. The number of nitrogens with one attached hydrogen (secondary N) is 1. The van der Waals surface area contributed by atoms with Crippen LogP contribution in [0.1, 0.15) is 5.56 Å². The fourth-order valence-electron chi connectivity index (χ4n) is 1.81. The van der Waals surface area contributed by atoms with Crippen molar-refractivity contribution in [1.29, 1.82) is 5.26 Å². The molecule has 0 unspecified atom stereocenters. The average Bonchev–Trinajstić information content (AvgIpc) is 2.46. The molecule has 18 heavy (non-hydrogen) atoms. The first-order valence-electron chi connectivity index (χ1n) is 5.88. The van der Waals surface area contributed by atoms with Crippen LogP contribution in [0.5, 0.6) is 0 Å². The first-order valence-corrected chi connectivity index (χ1v) is 5.88. The monoisotopic (exact) mass is 245 g/mol. The standard InChI is InChI=1S/C13H15N3O2/c14-8-12-9-16(7-6-15-12)13(17)18-10-11-4-2-1-3-5-11/h1-5,12,15H,6-7,9-10H2/t12-/m1/s1. The maximum atomic E-state index is 11.8. The Balaban J connectivity index is 1.83. The van der Waals surface area contributed by atoms with E-state index in [4.69, 9.17) is 10.00 Å². The van der Waals surface area contributed by atoms with Gasteiger partial charge in [0.2, 0.25) is 0 Å². The Morgan fingerprint density at radius 1 is 1.50 bits per heavy atom. The third-order valence-corrected chi connectivity index (χ3v) is 2.79. The SMILES string of the molecule is N#C[C@@H]1CN(C(=O)OCc2ccccc2)CCN1. The highest BCUT2D eigenvalue weighted by atomic mass is 16.6. The number of piperazine rings is 1. The van der Waals surface area contributed by atoms with Gasteiger partial charge in [-0.05, 0) is 5.56 Å². The number of hydrogen-bond donors (Lipinski definition) is 1. The van der Waals surface area contributed by atoms with Crippen LogP contribution in [-0.4, -0.2) is 36.7 Å². The van der Waals surface area contributed by atoms with Crippen molar-refractivity contribution in [3.8, 4) is 6.07 Å². The predicted molar refractivity (Wildman–Crippen MR) is 65.6 cm³/mol. The third-order valence-electron chi connectivity index (χ3n) is 2.79. The van der Waals surface area contributed by atoms with Crippen LogP contribution in [0.3, 0.4) is 0 Å². The number of hydrogen-bond acceptors (Lipinski definition) is 4. The lowest BCUT2D eigenvalue weighted by molar-refractivity contribution is 0.0884. The van der Waals surface area contributed by atoms with E-state index in [-0.39, 0.29) is 18.7 Å². The average molecular weight is 245 g/mol. The van der Waals surface area contributed by atoms with Crippen LogP contribution in [0.25, 0.3) is 0 Å². The molecule has 1 amide bonds.